The Kier molecular flexibility index (Phi) is 8.16. The molecule has 1 amide bonds. The zero-order valence-corrected chi connectivity index (χ0v) is 22.4. The molecule has 3 aromatic rings. The number of carbonyl (C=O) groups is 1. The molecule has 0 radical (unpaired) electrons. The number of unbranched alkanes of at least 4 members (excludes halogenated alkanes) is 3. The van der Waals surface area contributed by atoms with E-state index in [2.05, 4.69) is 55.7 Å². The maximum atomic E-state index is 12.1. The summed E-state index contributed by atoms with van der Waals surface area (Å²) in [5.41, 5.74) is 5.33. The summed E-state index contributed by atoms with van der Waals surface area (Å²) in [6.07, 6.45) is 11.2. The van der Waals surface area contributed by atoms with E-state index in [9.17, 15) is 4.79 Å². The number of nitrogens with one attached hydrogen (secondary N) is 1. The minimum atomic E-state index is -0.138. The molecule has 2 fully saturated rings. The van der Waals surface area contributed by atoms with Gasteiger partial charge in [0.1, 0.15) is 9.97 Å². The van der Waals surface area contributed by atoms with Gasteiger partial charge in [0.25, 0.3) is 5.91 Å². The highest BCUT2D eigenvalue weighted by molar-refractivity contribution is 8.26. The summed E-state index contributed by atoms with van der Waals surface area (Å²) in [7, 11) is 0. The minimum absolute atomic E-state index is 0.138. The summed E-state index contributed by atoms with van der Waals surface area (Å²) in [5, 5.41) is 2.67. The third-order valence-electron chi connectivity index (χ3n) is 6.89. The van der Waals surface area contributed by atoms with E-state index >= 15 is 0 Å². The predicted octanol–water partition coefficient (Wildman–Crippen LogP) is 5.19. The van der Waals surface area contributed by atoms with Crippen LogP contribution in [0.4, 0.5) is 0 Å². The first-order valence-electron chi connectivity index (χ1n) is 12.8. The zero-order chi connectivity index (χ0) is 24.9. The molecule has 36 heavy (non-hydrogen) atoms. The van der Waals surface area contributed by atoms with Crippen LogP contribution in [0.25, 0.3) is 23.0 Å². The molecule has 2 aromatic heterocycles. The van der Waals surface area contributed by atoms with E-state index < -0.39 is 0 Å². The molecule has 4 heterocycles. The molecule has 0 unspecified atom stereocenters. The fraction of sp³-hybridized carbons (Fsp3) is 0.393. The molecule has 0 atom stereocenters. The molecular weight excluding hydrogens is 486 g/mol. The number of rotatable bonds is 9. The molecule has 5 rings (SSSR count). The number of imidazole rings is 1. The largest absolute Gasteiger partial charge is 0.307 e. The number of amides is 1. The van der Waals surface area contributed by atoms with E-state index in [1.165, 1.54) is 62.6 Å². The summed E-state index contributed by atoms with van der Waals surface area (Å²) in [6.45, 7) is 9.06. The van der Waals surface area contributed by atoms with Gasteiger partial charge in [0, 0.05) is 44.5 Å². The Hall–Kier alpha value is -2.52. The third kappa shape index (κ3) is 6.06. The molecular formula is C28H33N5OS2. The van der Waals surface area contributed by atoms with Gasteiger partial charge in [-0.1, -0.05) is 68.4 Å². The fourth-order valence-corrected chi connectivity index (χ4v) is 5.93. The van der Waals surface area contributed by atoms with E-state index in [1.54, 1.807) is 0 Å². The molecule has 6 nitrogen and oxygen atoms in total. The number of carbonyl (C=O) groups excluding carboxylic acids is 1. The minimum Gasteiger partial charge on any atom is -0.307 e. The van der Waals surface area contributed by atoms with Crippen LogP contribution in [0.3, 0.4) is 0 Å². The summed E-state index contributed by atoms with van der Waals surface area (Å²) in [5.74, 6) is -0.138. The van der Waals surface area contributed by atoms with Gasteiger partial charge in [-0.05, 0) is 48.4 Å². The Morgan fingerprint density at radius 3 is 2.69 bits per heavy atom. The highest BCUT2D eigenvalue weighted by Gasteiger charge is 2.22. The highest BCUT2D eigenvalue weighted by atomic mass is 32.2. The quantitative estimate of drug-likeness (QED) is 0.239. The lowest BCUT2D eigenvalue weighted by molar-refractivity contribution is -0.115. The van der Waals surface area contributed by atoms with Crippen LogP contribution >= 0.6 is 24.0 Å². The zero-order valence-electron chi connectivity index (χ0n) is 20.8. The molecule has 0 bridgehead atoms. The van der Waals surface area contributed by atoms with Gasteiger partial charge in [0.05, 0.1) is 16.8 Å². The Morgan fingerprint density at radius 1 is 1.08 bits per heavy atom. The molecule has 2 aliphatic heterocycles. The number of aromatic nitrogens is 2. The molecule has 8 heteroatoms. The molecule has 0 spiro atoms. The van der Waals surface area contributed by atoms with Crippen LogP contribution in [0.2, 0.25) is 0 Å². The van der Waals surface area contributed by atoms with Crippen molar-refractivity contribution in [3.8, 4) is 11.3 Å². The van der Waals surface area contributed by atoms with Crippen molar-refractivity contribution in [2.45, 2.75) is 39.2 Å². The summed E-state index contributed by atoms with van der Waals surface area (Å²) >= 11 is 6.41. The lowest BCUT2D eigenvalue weighted by atomic mass is 10.1. The molecule has 1 N–H and O–H groups in total. The maximum absolute atomic E-state index is 12.1. The van der Waals surface area contributed by atoms with Crippen LogP contribution in [0.15, 0.2) is 53.7 Å². The topological polar surface area (TPSA) is 52.9 Å². The van der Waals surface area contributed by atoms with Gasteiger partial charge in [0.15, 0.2) is 0 Å². The van der Waals surface area contributed by atoms with Crippen LogP contribution < -0.4 is 5.32 Å². The van der Waals surface area contributed by atoms with Crippen molar-refractivity contribution >= 4 is 45.9 Å². The van der Waals surface area contributed by atoms with Gasteiger partial charge in [-0.2, -0.15) is 0 Å². The molecule has 0 aliphatic carbocycles. The van der Waals surface area contributed by atoms with Crippen molar-refractivity contribution in [2.24, 2.45) is 0 Å². The Labute approximate surface area is 222 Å². The summed E-state index contributed by atoms with van der Waals surface area (Å²) < 4.78 is 2.60. The van der Waals surface area contributed by atoms with Gasteiger partial charge >= 0.3 is 0 Å². The van der Waals surface area contributed by atoms with Crippen LogP contribution in [-0.2, 0) is 11.3 Å². The first-order valence-corrected chi connectivity index (χ1v) is 14.1. The highest BCUT2D eigenvalue weighted by Crippen LogP contribution is 2.27. The Bertz CT molecular complexity index is 1280. The van der Waals surface area contributed by atoms with E-state index in [0.29, 0.717) is 9.23 Å². The number of fused-ring (bicyclic) bond motifs is 1. The number of thioether (sulfide) groups is 1. The van der Waals surface area contributed by atoms with E-state index in [4.69, 9.17) is 12.2 Å². The van der Waals surface area contributed by atoms with E-state index in [1.807, 2.05) is 30.6 Å². The fourth-order valence-electron chi connectivity index (χ4n) is 4.89. The van der Waals surface area contributed by atoms with E-state index in [0.717, 1.165) is 42.1 Å². The molecule has 1 aromatic carbocycles. The predicted molar refractivity (Wildman–Crippen MR) is 153 cm³/mol. The maximum Gasteiger partial charge on any atom is 0.263 e. The second-order valence-corrected chi connectivity index (χ2v) is 11.3. The number of piperazine rings is 1. The lowest BCUT2D eigenvalue weighted by Crippen LogP contribution is -2.46. The second-order valence-electron chi connectivity index (χ2n) is 9.57. The number of pyridine rings is 1. The number of hydrogen-bond donors (Lipinski definition) is 1. The number of thiocarbonyl (C=S) groups is 1. The first kappa shape index (κ1) is 25.1. The van der Waals surface area contributed by atoms with Crippen LogP contribution in [0.5, 0.6) is 0 Å². The Balaban J connectivity index is 1.26. The van der Waals surface area contributed by atoms with Gasteiger partial charge in [0.2, 0.25) is 0 Å². The smallest absolute Gasteiger partial charge is 0.263 e. The number of hydrogen-bond acceptors (Lipinski definition) is 6. The van der Waals surface area contributed by atoms with Gasteiger partial charge in [-0.15, -0.1) is 0 Å². The van der Waals surface area contributed by atoms with Gasteiger partial charge in [-0.25, -0.2) is 4.98 Å². The normalized spacial score (nSPS) is 18.4. The summed E-state index contributed by atoms with van der Waals surface area (Å²) in [4.78, 5) is 22.5. The second kappa shape index (κ2) is 11.7. The van der Waals surface area contributed by atoms with Crippen molar-refractivity contribution < 1.29 is 4.79 Å². The molecule has 2 saturated heterocycles. The van der Waals surface area contributed by atoms with E-state index in [-0.39, 0.29) is 5.91 Å². The van der Waals surface area contributed by atoms with Crippen molar-refractivity contribution in [1.29, 1.82) is 0 Å². The molecule has 188 valence electrons. The lowest BCUT2D eigenvalue weighted by Gasteiger charge is -2.34. The first-order chi connectivity index (χ1) is 17.6. The standard InChI is InChI=1S/C28H33N5OS2/c1-2-3-4-5-11-31-12-14-32(15-13-31)19-21-7-6-8-23(16-21)24-18-29-26-10-9-22(20-33(24)26)17-25-27(34)30-28(35)36-25/h6-10,16-18,20H,2-5,11-15,19H2,1H3,(H,30,34,35). The third-order valence-corrected chi connectivity index (χ3v) is 8.05. The van der Waals surface area contributed by atoms with Crippen LogP contribution in [-0.4, -0.2) is 62.1 Å². The molecule has 0 saturated carbocycles. The number of benzene rings is 1. The van der Waals surface area contributed by atoms with Crippen molar-refractivity contribution in [2.75, 3.05) is 32.7 Å². The van der Waals surface area contributed by atoms with Crippen LogP contribution in [0, 0.1) is 0 Å². The average molecular weight is 520 g/mol. The Morgan fingerprint density at radius 2 is 1.92 bits per heavy atom. The average Bonchev–Trinajstić information content (AvgIpc) is 3.44. The van der Waals surface area contributed by atoms with Crippen LogP contribution in [0.1, 0.15) is 43.7 Å². The van der Waals surface area contributed by atoms with Crippen molar-refractivity contribution in [1.82, 2.24) is 24.5 Å². The summed E-state index contributed by atoms with van der Waals surface area (Å²) in [6, 6.07) is 12.7. The van der Waals surface area contributed by atoms with Gasteiger partial charge < -0.3 is 10.2 Å². The van der Waals surface area contributed by atoms with Crippen molar-refractivity contribution in [3.63, 3.8) is 0 Å². The number of nitrogens with zero attached hydrogens (tertiary/aromatic N) is 4. The van der Waals surface area contributed by atoms with Crippen molar-refractivity contribution in [3.05, 3.63) is 64.8 Å². The van der Waals surface area contributed by atoms with Gasteiger partial charge in [-0.3, -0.25) is 14.1 Å². The molecule has 2 aliphatic rings. The monoisotopic (exact) mass is 519 g/mol. The SMILES string of the molecule is CCCCCCN1CCN(Cc2cccc(-c3cnc4ccc(C=C5SC(=S)NC5=O)cn34)c2)CC1.